The number of aryl methyl sites for hydroxylation is 1. The quantitative estimate of drug-likeness (QED) is 0.898. The van der Waals surface area contributed by atoms with Crippen LogP contribution in [0.1, 0.15) is 31.2 Å². The van der Waals surface area contributed by atoms with E-state index in [4.69, 9.17) is 0 Å². The first-order valence-electron chi connectivity index (χ1n) is 8.48. The first kappa shape index (κ1) is 16.3. The Hall–Kier alpha value is -2.56. The Labute approximate surface area is 142 Å². The van der Waals surface area contributed by atoms with Crippen LogP contribution in [-0.4, -0.2) is 33.6 Å². The predicted molar refractivity (Wildman–Crippen MR) is 94.0 cm³/mol. The molecule has 0 unspecified atom stereocenters. The lowest BCUT2D eigenvalue weighted by atomic mass is 9.96. The van der Waals surface area contributed by atoms with Crippen LogP contribution in [0.3, 0.4) is 0 Å². The second-order valence-corrected chi connectivity index (χ2v) is 6.22. The number of benzene rings is 1. The Balaban J connectivity index is 1.60. The number of nitrogens with zero attached hydrogens (tertiary/aromatic N) is 2. The first-order chi connectivity index (χ1) is 11.7. The van der Waals surface area contributed by atoms with E-state index >= 15 is 0 Å². The smallest absolute Gasteiger partial charge is 0.322 e. The fourth-order valence-corrected chi connectivity index (χ4v) is 3.20. The zero-order valence-electron chi connectivity index (χ0n) is 13.7. The molecule has 126 valence electrons. The number of rotatable bonds is 4. The zero-order chi connectivity index (χ0) is 16.8. The van der Waals surface area contributed by atoms with Crippen LogP contribution in [0.25, 0.3) is 0 Å². The molecule has 1 aliphatic rings. The van der Waals surface area contributed by atoms with Crippen molar-refractivity contribution in [2.45, 2.75) is 38.1 Å². The molecule has 0 radical (unpaired) electrons. The minimum absolute atomic E-state index is 0.0431. The first-order valence-corrected chi connectivity index (χ1v) is 8.48. The fraction of sp³-hybridized carbons (Fsp3) is 0.368. The minimum atomic E-state index is -0.0431. The maximum Gasteiger partial charge on any atom is 0.322 e. The molecule has 1 fully saturated rings. The molecule has 0 bridgehead atoms. The van der Waals surface area contributed by atoms with Gasteiger partial charge in [-0.2, -0.15) is 0 Å². The fourth-order valence-electron chi connectivity index (χ4n) is 3.20. The van der Waals surface area contributed by atoms with E-state index in [1.165, 1.54) is 5.56 Å². The summed E-state index contributed by atoms with van der Waals surface area (Å²) in [5.41, 5.74) is 1.91. The Morgan fingerprint density at radius 2 is 2.08 bits per heavy atom. The highest BCUT2D eigenvalue weighted by atomic mass is 16.3. The molecule has 1 aliphatic heterocycles. The number of amides is 2. The van der Waals surface area contributed by atoms with Gasteiger partial charge in [0.15, 0.2) is 0 Å². The van der Waals surface area contributed by atoms with Gasteiger partial charge >= 0.3 is 6.03 Å². The largest absolute Gasteiger partial charge is 0.508 e. The van der Waals surface area contributed by atoms with Crippen molar-refractivity contribution in [3.63, 3.8) is 0 Å². The van der Waals surface area contributed by atoms with Crippen molar-refractivity contribution in [1.82, 2.24) is 9.88 Å². The maximum absolute atomic E-state index is 12.6. The SMILES string of the molecule is O=C(Nc1cccnc1)N1CCCC[C@@H]1CCc1ccc(O)cc1. The van der Waals surface area contributed by atoms with Crippen molar-refractivity contribution in [1.29, 1.82) is 0 Å². The third-order valence-electron chi connectivity index (χ3n) is 4.50. The number of aromatic nitrogens is 1. The summed E-state index contributed by atoms with van der Waals surface area (Å²) in [7, 11) is 0. The molecule has 2 heterocycles. The molecule has 0 spiro atoms. The van der Waals surface area contributed by atoms with Crippen LogP contribution in [0.5, 0.6) is 5.75 Å². The number of aromatic hydroxyl groups is 1. The number of urea groups is 1. The molecule has 0 saturated carbocycles. The molecular formula is C19H23N3O2. The van der Waals surface area contributed by atoms with E-state index in [0.29, 0.717) is 0 Å². The van der Waals surface area contributed by atoms with Gasteiger partial charge in [0.25, 0.3) is 0 Å². The number of phenolic OH excluding ortho intramolecular Hbond substituents is 1. The number of piperidine rings is 1. The molecule has 1 atom stereocenters. The number of carbonyl (C=O) groups excluding carboxylic acids is 1. The summed E-state index contributed by atoms with van der Waals surface area (Å²) in [5.74, 6) is 0.286. The molecule has 1 aromatic carbocycles. The molecule has 24 heavy (non-hydrogen) atoms. The number of pyridine rings is 1. The van der Waals surface area contributed by atoms with E-state index in [0.717, 1.165) is 44.3 Å². The maximum atomic E-state index is 12.6. The Morgan fingerprint density at radius 1 is 1.25 bits per heavy atom. The molecule has 1 saturated heterocycles. The summed E-state index contributed by atoms with van der Waals surface area (Å²) in [4.78, 5) is 18.6. The van der Waals surface area contributed by atoms with Crippen molar-refractivity contribution >= 4 is 11.7 Å². The average molecular weight is 325 g/mol. The Bertz CT molecular complexity index is 658. The van der Waals surface area contributed by atoms with E-state index in [1.54, 1.807) is 24.5 Å². The van der Waals surface area contributed by atoms with E-state index in [-0.39, 0.29) is 17.8 Å². The molecular weight excluding hydrogens is 302 g/mol. The summed E-state index contributed by atoms with van der Waals surface area (Å²) in [5, 5.41) is 12.3. The summed E-state index contributed by atoms with van der Waals surface area (Å²) in [6, 6.07) is 11.2. The second-order valence-electron chi connectivity index (χ2n) is 6.22. The van der Waals surface area contributed by atoms with Gasteiger partial charge in [-0.1, -0.05) is 12.1 Å². The molecule has 2 aromatic rings. The number of phenols is 1. The van der Waals surface area contributed by atoms with Crippen molar-refractivity contribution in [2.24, 2.45) is 0 Å². The topological polar surface area (TPSA) is 65.5 Å². The summed E-state index contributed by atoms with van der Waals surface area (Å²) in [6.07, 6.45) is 8.45. The van der Waals surface area contributed by atoms with Gasteiger partial charge in [0.2, 0.25) is 0 Å². The van der Waals surface area contributed by atoms with E-state index < -0.39 is 0 Å². The average Bonchev–Trinajstić information content (AvgIpc) is 2.62. The van der Waals surface area contributed by atoms with Gasteiger partial charge < -0.3 is 15.3 Å². The van der Waals surface area contributed by atoms with Crippen molar-refractivity contribution in [3.05, 3.63) is 54.4 Å². The lowest BCUT2D eigenvalue weighted by molar-refractivity contribution is 0.158. The van der Waals surface area contributed by atoms with Gasteiger partial charge in [-0.15, -0.1) is 0 Å². The lowest BCUT2D eigenvalue weighted by Gasteiger charge is -2.35. The number of likely N-dealkylation sites (tertiary alicyclic amines) is 1. The zero-order valence-corrected chi connectivity index (χ0v) is 13.7. The summed E-state index contributed by atoms with van der Waals surface area (Å²) < 4.78 is 0. The second kappa shape index (κ2) is 7.81. The molecule has 1 aromatic heterocycles. The van der Waals surface area contributed by atoms with Crippen LogP contribution in [0.4, 0.5) is 10.5 Å². The van der Waals surface area contributed by atoms with Gasteiger partial charge in [0, 0.05) is 18.8 Å². The van der Waals surface area contributed by atoms with Crippen LogP contribution in [0, 0.1) is 0 Å². The van der Waals surface area contributed by atoms with Crippen LogP contribution >= 0.6 is 0 Å². The van der Waals surface area contributed by atoms with Crippen molar-refractivity contribution in [3.8, 4) is 5.75 Å². The Kier molecular flexibility index (Phi) is 5.31. The monoisotopic (exact) mass is 325 g/mol. The molecule has 5 heteroatoms. The standard InChI is InChI=1S/C19H23N3O2/c23-18-10-7-15(8-11-18)6-9-17-5-1-2-13-22(17)19(24)21-16-4-3-12-20-14-16/h3-4,7-8,10-12,14,17,23H,1-2,5-6,9,13H2,(H,21,24)/t17-/m1/s1. The van der Waals surface area contributed by atoms with Gasteiger partial charge in [-0.3, -0.25) is 4.98 Å². The number of hydrogen-bond acceptors (Lipinski definition) is 3. The number of hydrogen-bond donors (Lipinski definition) is 2. The van der Waals surface area contributed by atoms with E-state index in [2.05, 4.69) is 10.3 Å². The van der Waals surface area contributed by atoms with Crippen LogP contribution in [-0.2, 0) is 6.42 Å². The van der Waals surface area contributed by atoms with Crippen LogP contribution in [0.2, 0.25) is 0 Å². The number of nitrogens with one attached hydrogen (secondary N) is 1. The van der Waals surface area contributed by atoms with Crippen molar-refractivity contribution in [2.75, 3.05) is 11.9 Å². The van der Waals surface area contributed by atoms with Crippen LogP contribution in [0.15, 0.2) is 48.8 Å². The van der Waals surface area contributed by atoms with Gasteiger partial charge in [-0.25, -0.2) is 4.79 Å². The predicted octanol–water partition coefficient (Wildman–Crippen LogP) is 3.81. The summed E-state index contributed by atoms with van der Waals surface area (Å²) in [6.45, 7) is 0.798. The van der Waals surface area contributed by atoms with Gasteiger partial charge in [0.1, 0.15) is 5.75 Å². The molecule has 2 amide bonds. The van der Waals surface area contributed by atoms with Gasteiger partial charge in [-0.05, 0) is 61.9 Å². The van der Waals surface area contributed by atoms with E-state index in [9.17, 15) is 9.90 Å². The van der Waals surface area contributed by atoms with Crippen LogP contribution < -0.4 is 5.32 Å². The van der Waals surface area contributed by atoms with Gasteiger partial charge in [0.05, 0.1) is 11.9 Å². The molecule has 3 rings (SSSR count). The molecule has 2 N–H and O–H groups in total. The highest BCUT2D eigenvalue weighted by Gasteiger charge is 2.26. The minimum Gasteiger partial charge on any atom is -0.508 e. The lowest BCUT2D eigenvalue weighted by Crippen LogP contribution is -2.46. The Morgan fingerprint density at radius 3 is 2.83 bits per heavy atom. The number of carbonyl (C=O) groups is 1. The van der Waals surface area contributed by atoms with Crippen molar-refractivity contribution < 1.29 is 9.90 Å². The highest BCUT2D eigenvalue weighted by Crippen LogP contribution is 2.23. The normalized spacial score (nSPS) is 17.5. The summed E-state index contributed by atoms with van der Waals surface area (Å²) >= 11 is 0. The highest BCUT2D eigenvalue weighted by molar-refractivity contribution is 5.89. The number of anilines is 1. The third kappa shape index (κ3) is 4.25. The molecule has 0 aliphatic carbocycles. The third-order valence-corrected chi connectivity index (χ3v) is 4.50. The van der Waals surface area contributed by atoms with E-state index in [1.807, 2.05) is 29.2 Å². The molecule has 5 nitrogen and oxygen atoms in total.